The summed E-state index contributed by atoms with van der Waals surface area (Å²) >= 11 is 0. The number of hydrogen-bond donors (Lipinski definition) is 2. The summed E-state index contributed by atoms with van der Waals surface area (Å²) in [6.07, 6.45) is 0. The van der Waals surface area contributed by atoms with Crippen LogP contribution < -0.4 is 15.4 Å². The van der Waals surface area contributed by atoms with Crippen LogP contribution in [-0.2, 0) is 24.4 Å². The Kier molecular flexibility index (Phi) is 8.49. The molecule has 0 aliphatic rings. The Hall–Kier alpha value is -2.53. The number of para-hydroxylation sites is 1. The minimum absolute atomic E-state index is 0.611. The van der Waals surface area contributed by atoms with E-state index in [2.05, 4.69) is 46.8 Å². The monoisotopic (exact) mass is 355 g/mol. The summed E-state index contributed by atoms with van der Waals surface area (Å²) in [4.78, 5) is 4.69. The molecule has 0 aliphatic heterocycles. The van der Waals surface area contributed by atoms with Crippen LogP contribution in [0.15, 0.2) is 53.5 Å². The van der Waals surface area contributed by atoms with Crippen LogP contribution in [0.4, 0.5) is 0 Å². The fraction of sp³-hybridized carbons (Fsp3) is 0.381. The minimum atomic E-state index is 0.611. The molecule has 0 bridgehead atoms. The van der Waals surface area contributed by atoms with Gasteiger partial charge in [0.15, 0.2) is 5.96 Å². The Morgan fingerprint density at radius 2 is 1.81 bits per heavy atom. The highest BCUT2D eigenvalue weighted by Crippen LogP contribution is 2.17. The van der Waals surface area contributed by atoms with Gasteiger partial charge in [-0.2, -0.15) is 0 Å². The molecule has 2 aromatic carbocycles. The van der Waals surface area contributed by atoms with Crippen molar-refractivity contribution < 1.29 is 9.47 Å². The Labute approximate surface area is 156 Å². The number of hydrogen-bond acceptors (Lipinski definition) is 3. The van der Waals surface area contributed by atoms with Crippen molar-refractivity contribution in [2.45, 2.75) is 33.5 Å². The van der Waals surface area contributed by atoms with Gasteiger partial charge in [-0.3, -0.25) is 0 Å². The molecule has 5 nitrogen and oxygen atoms in total. The van der Waals surface area contributed by atoms with Gasteiger partial charge in [-0.05, 0) is 31.0 Å². The van der Waals surface area contributed by atoms with Crippen LogP contribution in [0.5, 0.6) is 5.75 Å². The van der Waals surface area contributed by atoms with E-state index in [1.165, 1.54) is 0 Å². The fourth-order valence-electron chi connectivity index (χ4n) is 2.62. The van der Waals surface area contributed by atoms with Crippen molar-refractivity contribution in [2.24, 2.45) is 4.99 Å². The second-order valence-electron chi connectivity index (χ2n) is 5.84. The van der Waals surface area contributed by atoms with Crippen molar-refractivity contribution in [3.8, 4) is 5.75 Å². The van der Waals surface area contributed by atoms with Crippen molar-refractivity contribution in [1.82, 2.24) is 10.6 Å². The summed E-state index contributed by atoms with van der Waals surface area (Å²) in [5.41, 5.74) is 3.43. The summed E-state index contributed by atoms with van der Waals surface area (Å²) < 4.78 is 10.9. The van der Waals surface area contributed by atoms with Crippen molar-refractivity contribution in [3.05, 3.63) is 65.2 Å². The zero-order valence-corrected chi connectivity index (χ0v) is 15.9. The number of guanidine groups is 1. The normalized spacial score (nSPS) is 11.3. The maximum absolute atomic E-state index is 5.68. The number of rotatable bonds is 9. The summed E-state index contributed by atoms with van der Waals surface area (Å²) in [6.45, 7) is 7.40. The third-order valence-corrected chi connectivity index (χ3v) is 3.79. The van der Waals surface area contributed by atoms with Crippen LogP contribution in [-0.4, -0.2) is 26.2 Å². The van der Waals surface area contributed by atoms with Gasteiger partial charge in [0.2, 0.25) is 0 Å². The van der Waals surface area contributed by atoms with Gasteiger partial charge in [-0.15, -0.1) is 0 Å². The minimum Gasteiger partial charge on any atom is -0.494 e. The van der Waals surface area contributed by atoms with Crippen LogP contribution in [0.1, 0.15) is 30.5 Å². The SMILES string of the molecule is CCNC(=NCc1cccc(COC)c1)NCc1ccccc1OCC. The third kappa shape index (κ3) is 6.41. The van der Waals surface area contributed by atoms with Gasteiger partial charge in [-0.25, -0.2) is 4.99 Å². The molecular formula is C21H29N3O2. The number of aliphatic imine (C=N–C) groups is 1. The molecule has 26 heavy (non-hydrogen) atoms. The van der Waals surface area contributed by atoms with E-state index in [9.17, 15) is 0 Å². The van der Waals surface area contributed by atoms with E-state index < -0.39 is 0 Å². The molecule has 0 atom stereocenters. The molecule has 0 amide bonds. The predicted molar refractivity (Wildman–Crippen MR) is 106 cm³/mol. The summed E-state index contributed by atoms with van der Waals surface area (Å²) in [7, 11) is 1.71. The first-order valence-electron chi connectivity index (χ1n) is 9.06. The second kappa shape index (κ2) is 11.2. The number of nitrogens with zero attached hydrogens (tertiary/aromatic N) is 1. The van der Waals surface area contributed by atoms with Gasteiger partial charge >= 0.3 is 0 Å². The van der Waals surface area contributed by atoms with E-state index in [0.717, 1.165) is 34.9 Å². The molecule has 2 N–H and O–H groups in total. The zero-order valence-electron chi connectivity index (χ0n) is 15.9. The van der Waals surface area contributed by atoms with Crippen molar-refractivity contribution >= 4 is 5.96 Å². The summed E-state index contributed by atoms with van der Waals surface area (Å²) in [6, 6.07) is 16.4. The van der Waals surface area contributed by atoms with Gasteiger partial charge in [-0.1, -0.05) is 42.5 Å². The van der Waals surface area contributed by atoms with Crippen molar-refractivity contribution in [3.63, 3.8) is 0 Å². The first kappa shape index (κ1) is 19.8. The van der Waals surface area contributed by atoms with E-state index in [0.29, 0.717) is 26.3 Å². The molecule has 0 unspecified atom stereocenters. The van der Waals surface area contributed by atoms with Gasteiger partial charge in [0.1, 0.15) is 5.75 Å². The fourth-order valence-corrected chi connectivity index (χ4v) is 2.62. The molecule has 2 rings (SSSR count). The molecular weight excluding hydrogens is 326 g/mol. The first-order chi connectivity index (χ1) is 12.8. The average molecular weight is 355 g/mol. The Bertz CT molecular complexity index is 701. The quantitative estimate of drug-likeness (QED) is 0.534. The van der Waals surface area contributed by atoms with E-state index in [1.807, 2.05) is 31.2 Å². The van der Waals surface area contributed by atoms with Crippen LogP contribution in [0.3, 0.4) is 0 Å². The van der Waals surface area contributed by atoms with E-state index in [4.69, 9.17) is 9.47 Å². The van der Waals surface area contributed by atoms with Gasteiger partial charge < -0.3 is 20.1 Å². The standard InChI is InChI=1S/C21H29N3O2/c1-4-22-21(23-14-17-9-8-10-18(13-17)16-25-3)24-15-19-11-6-7-12-20(19)26-5-2/h6-13H,4-5,14-16H2,1-3H3,(H2,22,23,24). The predicted octanol–water partition coefficient (Wildman–Crippen LogP) is 3.49. The Morgan fingerprint density at radius 1 is 1.00 bits per heavy atom. The van der Waals surface area contributed by atoms with Gasteiger partial charge in [0.05, 0.1) is 19.8 Å². The molecule has 0 fully saturated rings. The molecule has 0 aromatic heterocycles. The second-order valence-corrected chi connectivity index (χ2v) is 5.84. The maximum Gasteiger partial charge on any atom is 0.191 e. The lowest BCUT2D eigenvalue weighted by Gasteiger charge is -2.14. The van der Waals surface area contributed by atoms with Crippen LogP contribution >= 0.6 is 0 Å². The van der Waals surface area contributed by atoms with Crippen LogP contribution in [0.2, 0.25) is 0 Å². The van der Waals surface area contributed by atoms with Crippen LogP contribution in [0.25, 0.3) is 0 Å². The molecule has 2 aromatic rings. The van der Waals surface area contributed by atoms with Crippen molar-refractivity contribution in [1.29, 1.82) is 0 Å². The highest BCUT2D eigenvalue weighted by Gasteiger charge is 2.04. The molecule has 0 saturated carbocycles. The Balaban J connectivity index is 2.02. The first-order valence-corrected chi connectivity index (χ1v) is 9.06. The molecule has 0 heterocycles. The lowest BCUT2D eigenvalue weighted by atomic mass is 10.1. The maximum atomic E-state index is 5.68. The van der Waals surface area contributed by atoms with Gasteiger partial charge in [0, 0.05) is 25.8 Å². The van der Waals surface area contributed by atoms with Crippen molar-refractivity contribution in [2.75, 3.05) is 20.3 Å². The lowest BCUT2D eigenvalue weighted by Crippen LogP contribution is -2.36. The molecule has 0 saturated heterocycles. The number of methoxy groups -OCH3 is 1. The molecule has 5 heteroatoms. The average Bonchev–Trinajstić information content (AvgIpc) is 2.66. The molecule has 140 valence electrons. The third-order valence-electron chi connectivity index (χ3n) is 3.79. The molecule has 0 spiro atoms. The van der Waals surface area contributed by atoms with Gasteiger partial charge in [0.25, 0.3) is 0 Å². The summed E-state index contributed by atoms with van der Waals surface area (Å²) in [5.74, 6) is 1.70. The van der Waals surface area contributed by atoms with E-state index in [-0.39, 0.29) is 0 Å². The number of ether oxygens (including phenoxy) is 2. The van der Waals surface area contributed by atoms with E-state index in [1.54, 1.807) is 7.11 Å². The van der Waals surface area contributed by atoms with Crippen LogP contribution in [0, 0.1) is 0 Å². The highest BCUT2D eigenvalue weighted by atomic mass is 16.5. The topological polar surface area (TPSA) is 54.9 Å². The highest BCUT2D eigenvalue weighted by molar-refractivity contribution is 5.79. The number of benzene rings is 2. The smallest absolute Gasteiger partial charge is 0.191 e. The Morgan fingerprint density at radius 3 is 2.58 bits per heavy atom. The zero-order chi connectivity index (χ0) is 18.6. The summed E-state index contributed by atoms with van der Waals surface area (Å²) in [5, 5.41) is 6.67. The lowest BCUT2D eigenvalue weighted by molar-refractivity contribution is 0.185. The molecule has 0 aliphatic carbocycles. The van der Waals surface area contributed by atoms with E-state index >= 15 is 0 Å². The number of nitrogens with one attached hydrogen (secondary N) is 2. The largest absolute Gasteiger partial charge is 0.494 e. The molecule has 0 radical (unpaired) electrons.